The zero-order valence-corrected chi connectivity index (χ0v) is 17.5. The van der Waals surface area contributed by atoms with Crippen molar-refractivity contribution in [3.8, 4) is 17.2 Å². The molecule has 2 saturated carbocycles. The van der Waals surface area contributed by atoms with Crippen molar-refractivity contribution in [2.24, 2.45) is 17.8 Å². The summed E-state index contributed by atoms with van der Waals surface area (Å²) in [5.74, 6) is -1.95. The smallest absolute Gasteiger partial charge is 0.144 e. The molecule has 0 bridgehead atoms. The normalized spacial score (nSPS) is 25.9. The molecule has 5 heteroatoms. The molecule has 1 nitrogen and oxygen atoms in total. The van der Waals surface area contributed by atoms with E-state index in [1.54, 1.807) is 0 Å². The molecule has 0 aromatic heterocycles. The largest absolute Gasteiger partial charge is 0.206 e. The third-order valence-electron chi connectivity index (χ3n) is 7.10. The summed E-state index contributed by atoms with van der Waals surface area (Å²) in [6.45, 7) is 2.05. The molecule has 4 atom stereocenters. The molecule has 2 aliphatic rings. The van der Waals surface area contributed by atoms with Gasteiger partial charge >= 0.3 is 0 Å². The number of nitriles is 1. The van der Waals surface area contributed by atoms with Crippen molar-refractivity contribution in [1.82, 2.24) is 0 Å². The predicted octanol–water partition coefficient (Wildman–Crippen LogP) is 7.66. The van der Waals surface area contributed by atoms with Crippen LogP contribution in [0, 0.1) is 52.4 Å². The first-order valence-corrected chi connectivity index (χ1v) is 10.9. The summed E-state index contributed by atoms with van der Waals surface area (Å²) in [4.78, 5) is 0. The molecule has 0 spiro atoms. The Balaban J connectivity index is 1.57. The number of hydrogen-bond donors (Lipinski definition) is 0. The van der Waals surface area contributed by atoms with Gasteiger partial charge in [-0.05, 0) is 105 Å². The zero-order chi connectivity index (χ0) is 22.1. The lowest BCUT2D eigenvalue weighted by molar-refractivity contribution is 0.133. The molecule has 0 N–H and O–H groups in total. The highest BCUT2D eigenvalue weighted by Gasteiger charge is 2.35. The number of rotatable bonds is 3. The topological polar surface area (TPSA) is 23.8 Å². The first kappa shape index (κ1) is 21.6. The quantitative estimate of drug-likeness (QED) is 0.364. The van der Waals surface area contributed by atoms with Crippen molar-refractivity contribution in [3.63, 3.8) is 0 Å². The van der Waals surface area contributed by atoms with Crippen molar-refractivity contribution >= 4 is 0 Å². The van der Waals surface area contributed by atoms with Crippen LogP contribution >= 0.6 is 0 Å². The summed E-state index contributed by atoms with van der Waals surface area (Å²) < 4.78 is 57.7. The molecule has 2 aromatic rings. The molecule has 162 valence electrons. The van der Waals surface area contributed by atoms with Gasteiger partial charge in [-0.2, -0.15) is 5.26 Å². The highest BCUT2D eigenvalue weighted by Crippen LogP contribution is 2.48. The molecule has 0 aliphatic heterocycles. The second-order valence-corrected chi connectivity index (χ2v) is 8.92. The maximum Gasteiger partial charge on any atom is 0.144 e. The molecule has 0 radical (unpaired) electrons. The van der Waals surface area contributed by atoms with Gasteiger partial charge in [-0.25, -0.2) is 17.6 Å². The lowest BCUT2D eigenvalue weighted by Gasteiger charge is -2.42. The summed E-state index contributed by atoms with van der Waals surface area (Å²) in [6.07, 6.45) is 10.8. The summed E-state index contributed by atoms with van der Waals surface area (Å²) in [5, 5.41) is 8.79. The maximum absolute atomic E-state index is 14.9. The van der Waals surface area contributed by atoms with Gasteiger partial charge in [0.2, 0.25) is 0 Å². The van der Waals surface area contributed by atoms with Crippen molar-refractivity contribution in [2.45, 2.75) is 51.4 Å². The summed E-state index contributed by atoms with van der Waals surface area (Å²) in [6, 6.07) is 5.64. The maximum atomic E-state index is 14.9. The SMILES string of the molecule is C/C=C/C1CCC2CC(c3cc(F)c(-c4cc(F)c(C#N)c(F)c4)c(F)c3)CCC2C1. The predicted molar refractivity (Wildman–Crippen MR) is 112 cm³/mol. The van der Waals surface area contributed by atoms with E-state index in [4.69, 9.17) is 5.26 Å². The van der Waals surface area contributed by atoms with Gasteiger partial charge in [0.15, 0.2) is 0 Å². The Morgan fingerprint density at radius 1 is 0.839 bits per heavy atom. The number of allylic oxidation sites excluding steroid dienone is 2. The molecular formula is C26H25F4N. The highest BCUT2D eigenvalue weighted by molar-refractivity contribution is 5.66. The van der Waals surface area contributed by atoms with E-state index < -0.39 is 34.4 Å². The van der Waals surface area contributed by atoms with Crippen LogP contribution in [0.2, 0.25) is 0 Å². The monoisotopic (exact) mass is 427 g/mol. The third kappa shape index (κ3) is 4.26. The fourth-order valence-electron chi connectivity index (χ4n) is 5.60. The average molecular weight is 427 g/mol. The van der Waals surface area contributed by atoms with Crippen LogP contribution < -0.4 is 0 Å². The molecule has 2 aliphatic carbocycles. The molecule has 4 rings (SSSR count). The molecule has 4 unspecified atom stereocenters. The van der Waals surface area contributed by atoms with Gasteiger partial charge in [-0.1, -0.05) is 12.2 Å². The Morgan fingerprint density at radius 2 is 1.45 bits per heavy atom. The fraction of sp³-hybridized carbons (Fsp3) is 0.423. The van der Waals surface area contributed by atoms with Crippen LogP contribution in [0.4, 0.5) is 17.6 Å². The van der Waals surface area contributed by atoms with Crippen LogP contribution in [0.1, 0.15) is 62.5 Å². The highest BCUT2D eigenvalue weighted by atomic mass is 19.1. The fourth-order valence-corrected chi connectivity index (χ4v) is 5.60. The van der Waals surface area contributed by atoms with Crippen LogP contribution in [0.15, 0.2) is 36.4 Å². The minimum absolute atomic E-state index is 0.0898. The first-order valence-electron chi connectivity index (χ1n) is 10.9. The van der Waals surface area contributed by atoms with E-state index in [0.29, 0.717) is 23.3 Å². The van der Waals surface area contributed by atoms with Crippen molar-refractivity contribution in [1.29, 1.82) is 5.26 Å². The Hall–Kier alpha value is -2.61. The average Bonchev–Trinajstić information content (AvgIpc) is 2.73. The molecule has 31 heavy (non-hydrogen) atoms. The minimum Gasteiger partial charge on any atom is -0.206 e. The van der Waals surface area contributed by atoms with Gasteiger partial charge in [0.25, 0.3) is 0 Å². The van der Waals surface area contributed by atoms with E-state index in [1.165, 1.54) is 24.6 Å². The summed E-state index contributed by atoms with van der Waals surface area (Å²) in [7, 11) is 0. The van der Waals surface area contributed by atoms with Gasteiger partial charge in [0.05, 0.1) is 5.56 Å². The second-order valence-electron chi connectivity index (χ2n) is 8.92. The van der Waals surface area contributed by atoms with Crippen LogP contribution in [-0.4, -0.2) is 0 Å². The minimum atomic E-state index is -1.13. The zero-order valence-electron chi connectivity index (χ0n) is 17.5. The van der Waals surface area contributed by atoms with E-state index in [9.17, 15) is 17.6 Å². The second kappa shape index (κ2) is 8.86. The van der Waals surface area contributed by atoms with E-state index in [1.807, 2.05) is 0 Å². The Morgan fingerprint density at radius 3 is 2.06 bits per heavy atom. The van der Waals surface area contributed by atoms with E-state index >= 15 is 0 Å². The Kier molecular flexibility index (Phi) is 6.18. The standard InChI is InChI=1S/C26H25F4N/c1-2-3-15-4-5-17-9-18(7-6-16(17)8-15)19-10-24(29)26(25(30)11-19)20-12-22(27)21(14-31)23(28)13-20/h2-3,10-13,15-18H,4-9H2,1H3/b3-2+. The van der Waals surface area contributed by atoms with Gasteiger partial charge in [-0.3, -0.25) is 0 Å². The van der Waals surface area contributed by atoms with Gasteiger partial charge in [0, 0.05) is 0 Å². The first-order chi connectivity index (χ1) is 14.9. The lowest BCUT2D eigenvalue weighted by Crippen LogP contribution is -2.30. The molecule has 2 aromatic carbocycles. The summed E-state index contributed by atoms with van der Waals surface area (Å²) >= 11 is 0. The number of hydrogen-bond acceptors (Lipinski definition) is 1. The molecule has 0 saturated heterocycles. The van der Waals surface area contributed by atoms with E-state index in [2.05, 4.69) is 19.1 Å². The number of nitrogens with zero attached hydrogens (tertiary/aromatic N) is 1. The van der Waals surface area contributed by atoms with Gasteiger partial charge in [-0.15, -0.1) is 0 Å². The molecule has 0 amide bonds. The third-order valence-corrected chi connectivity index (χ3v) is 7.10. The van der Waals surface area contributed by atoms with E-state index in [0.717, 1.165) is 44.2 Å². The van der Waals surface area contributed by atoms with Crippen LogP contribution in [0.25, 0.3) is 11.1 Å². The van der Waals surface area contributed by atoms with Crippen LogP contribution in [0.3, 0.4) is 0 Å². The summed E-state index contributed by atoms with van der Waals surface area (Å²) in [5.41, 5.74) is -0.863. The lowest BCUT2D eigenvalue weighted by atomic mass is 9.64. The van der Waals surface area contributed by atoms with Gasteiger partial charge < -0.3 is 0 Å². The Bertz CT molecular complexity index is 1010. The van der Waals surface area contributed by atoms with E-state index in [-0.39, 0.29) is 11.5 Å². The molecule has 0 heterocycles. The number of halogens is 4. The van der Waals surface area contributed by atoms with Crippen LogP contribution in [-0.2, 0) is 0 Å². The number of benzene rings is 2. The van der Waals surface area contributed by atoms with Crippen molar-refractivity contribution in [3.05, 3.63) is 70.8 Å². The molecular weight excluding hydrogens is 402 g/mol. The Labute approximate surface area is 180 Å². The number of fused-ring (bicyclic) bond motifs is 1. The van der Waals surface area contributed by atoms with Crippen molar-refractivity contribution < 1.29 is 17.6 Å². The van der Waals surface area contributed by atoms with Crippen LogP contribution in [0.5, 0.6) is 0 Å². The van der Waals surface area contributed by atoms with Crippen molar-refractivity contribution in [2.75, 3.05) is 0 Å². The van der Waals surface area contributed by atoms with Gasteiger partial charge in [0.1, 0.15) is 34.9 Å². The molecule has 2 fully saturated rings.